The van der Waals surface area contributed by atoms with Crippen LogP contribution in [0.5, 0.6) is 0 Å². The van der Waals surface area contributed by atoms with Gasteiger partial charge in [-0.1, -0.05) is 6.92 Å². The van der Waals surface area contributed by atoms with Gasteiger partial charge in [0, 0.05) is 26.9 Å². The van der Waals surface area contributed by atoms with Crippen LogP contribution < -0.4 is 5.32 Å². The summed E-state index contributed by atoms with van der Waals surface area (Å²) in [6.07, 6.45) is 0.958. The fourth-order valence-electron chi connectivity index (χ4n) is 2.39. The quantitative estimate of drug-likeness (QED) is 0.590. The fraction of sp³-hybridized carbons (Fsp3) is 0.250. The number of hydrogen-bond acceptors (Lipinski definition) is 3. The van der Waals surface area contributed by atoms with E-state index >= 15 is 0 Å². The molecule has 1 unspecified atom stereocenters. The summed E-state index contributed by atoms with van der Waals surface area (Å²) in [5.74, 6) is -0.172. The monoisotopic (exact) mass is 383 g/mol. The van der Waals surface area contributed by atoms with Gasteiger partial charge in [0.15, 0.2) is 0 Å². The molecule has 110 valence electrons. The van der Waals surface area contributed by atoms with Crippen LogP contribution in [-0.2, 0) is 6.42 Å². The van der Waals surface area contributed by atoms with Gasteiger partial charge in [0.25, 0.3) is 0 Å². The highest BCUT2D eigenvalue weighted by Crippen LogP contribution is 2.33. The molecule has 1 atom stereocenters. The number of benzene rings is 1. The Balaban J connectivity index is 1.90. The molecular formula is C16H15BrFNS2. The van der Waals surface area contributed by atoms with Crippen molar-refractivity contribution in [3.8, 4) is 0 Å². The van der Waals surface area contributed by atoms with E-state index in [1.807, 2.05) is 6.07 Å². The highest BCUT2D eigenvalue weighted by molar-refractivity contribution is 9.11. The minimum Gasteiger partial charge on any atom is -0.309 e. The van der Waals surface area contributed by atoms with Crippen LogP contribution in [0.4, 0.5) is 4.39 Å². The van der Waals surface area contributed by atoms with Gasteiger partial charge >= 0.3 is 0 Å². The summed E-state index contributed by atoms with van der Waals surface area (Å²) in [6.45, 7) is 3.03. The van der Waals surface area contributed by atoms with Crippen LogP contribution in [0, 0.1) is 5.82 Å². The van der Waals surface area contributed by atoms with Crippen LogP contribution in [-0.4, -0.2) is 6.54 Å². The Morgan fingerprint density at radius 3 is 2.76 bits per heavy atom. The normalized spacial score (nSPS) is 12.9. The summed E-state index contributed by atoms with van der Waals surface area (Å²) in [7, 11) is 0. The molecule has 2 aromatic heterocycles. The molecule has 2 heterocycles. The first kappa shape index (κ1) is 15.2. The Labute approximate surface area is 139 Å². The number of thiophene rings is 2. The molecule has 0 aliphatic heterocycles. The fourth-order valence-corrected chi connectivity index (χ4v) is 5.04. The Hall–Kier alpha value is -0.750. The first-order valence-corrected chi connectivity index (χ1v) is 9.25. The molecule has 21 heavy (non-hydrogen) atoms. The van der Waals surface area contributed by atoms with Crippen LogP contribution in [0.1, 0.15) is 22.7 Å². The summed E-state index contributed by atoms with van der Waals surface area (Å²) in [4.78, 5) is 2.61. The third-order valence-electron chi connectivity index (χ3n) is 3.33. The molecule has 0 saturated carbocycles. The van der Waals surface area contributed by atoms with E-state index < -0.39 is 0 Å². The van der Waals surface area contributed by atoms with E-state index in [1.165, 1.54) is 15.8 Å². The molecular weight excluding hydrogens is 369 g/mol. The van der Waals surface area contributed by atoms with Crippen molar-refractivity contribution in [3.05, 3.63) is 55.8 Å². The number of nitrogens with one attached hydrogen (secondary N) is 1. The van der Waals surface area contributed by atoms with E-state index in [0.717, 1.165) is 26.8 Å². The Bertz CT molecular complexity index is 750. The zero-order chi connectivity index (χ0) is 14.8. The zero-order valence-corrected chi connectivity index (χ0v) is 14.7. The van der Waals surface area contributed by atoms with E-state index in [1.54, 1.807) is 28.7 Å². The number of likely N-dealkylation sites (N-methyl/N-ethyl adjacent to an activating group) is 1. The number of halogens is 2. The van der Waals surface area contributed by atoms with Crippen molar-refractivity contribution in [2.24, 2.45) is 0 Å². The molecule has 0 aliphatic rings. The number of hydrogen-bond donors (Lipinski definition) is 1. The molecule has 0 spiro atoms. The second-order valence-electron chi connectivity index (χ2n) is 4.85. The minimum atomic E-state index is -0.172. The molecule has 1 N–H and O–H groups in total. The molecule has 1 aromatic carbocycles. The molecule has 0 amide bonds. The highest BCUT2D eigenvalue weighted by atomic mass is 79.9. The van der Waals surface area contributed by atoms with Gasteiger partial charge in [-0.05, 0) is 64.3 Å². The number of rotatable bonds is 5. The Kier molecular flexibility index (Phi) is 4.74. The summed E-state index contributed by atoms with van der Waals surface area (Å²) >= 11 is 7.02. The molecule has 3 aromatic rings. The molecule has 0 aliphatic carbocycles. The third kappa shape index (κ3) is 3.54. The maximum atomic E-state index is 13.3. The van der Waals surface area contributed by atoms with Gasteiger partial charge in [-0.3, -0.25) is 0 Å². The zero-order valence-electron chi connectivity index (χ0n) is 11.5. The van der Waals surface area contributed by atoms with Gasteiger partial charge in [-0.25, -0.2) is 4.39 Å². The predicted octanol–water partition coefficient (Wildman–Crippen LogP) is 5.76. The van der Waals surface area contributed by atoms with Crippen molar-refractivity contribution in [2.75, 3.05) is 6.54 Å². The molecule has 3 rings (SSSR count). The third-order valence-corrected chi connectivity index (χ3v) is 6.20. The van der Waals surface area contributed by atoms with Crippen molar-refractivity contribution in [1.82, 2.24) is 5.32 Å². The lowest BCUT2D eigenvalue weighted by molar-refractivity contribution is 0.562. The second-order valence-corrected chi connectivity index (χ2v) is 8.51. The smallest absolute Gasteiger partial charge is 0.123 e. The largest absolute Gasteiger partial charge is 0.309 e. The summed E-state index contributed by atoms with van der Waals surface area (Å²) in [5, 5.41) is 4.53. The maximum Gasteiger partial charge on any atom is 0.123 e. The standard InChI is InChI=1S/C16H15BrFNS2/c1-2-19-13(9-12-4-6-16(17)20-12)15-8-10-7-11(18)3-5-14(10)21-15/h3-8,13,19H,2,9H2,1H3. The van der Waals surface area contributed by atoms with Crippen molar-refractivity contribution in [3.63, 3.8) is 0 Å². The lowest BCUT2D eigenvalue weighted by Gasteiger charge is -2.15. The van der Waals surface area contributed by atoms with E-state index in [-0.39, 0.29) is 11.9 Å². The van der Waals surface area contributed by atoms with E-state index in [0.29, 0.717) is 0 Å². The SMILES string of the molecule is CCNC(Cc1ccc(Br)s1)c1cc2cc(F)ccc2s1. The molecule has 0 fully saturated rings. The Morgan fingerprint density at radius 1 is 1.19 bits per heavy atom. The summed E-state index contributed by atoms with van der Waals surface area (Å²) in [5.41, 5.74) is 0. The highest BCUT2D eigenvalue weighted by Gasteiger charge is 2.15. The van der Waals surface area contributed by atoms with Crippen LogP contribution in [0.2, 0.25) is 0 Å². The molecule has 5 heteroatoms. The molecule has 1 nitrogen and oxygen atoms in total. The maximum absolute atomic E-state index is 13.3. The van der Waals surface area contributed by atoms with Gasteiger partial charge < -0.3 is 5.32 Å². The van der Waals surface area contributed by atoms with Gasteiger partial charge in [-0.2, -0.15) is 0 Å². The lowest BCUT2D eigenvalue weighted by atomic mass is 10.1. The topological polar surface area (TPSA) is 12.0 Å². The molecule has 0 bridgehead atoms. The van der Waals surface area contributed by atoms with Crippen molar-refractivity contribution < 1.29 is 4.39 Å². The van der Waals surface area contributed by atoms with Crippen molar-refractivity contribution in [2.45, 2.75) is 19.4 Å². The van der Waals surface area contributed by atoms with E-state index in [4.69, 9.17) is 0 Å². The second kappa shape index (κ2) is 6.57. The van der Waals surface area contributed by atoms with Crippen molar-refractivity contribution in [1.29, 1.82) is 0 Å². The van der Waals surface area contributed by atoms with Crippen molar-refractivity contribution >= 4 is 48.7 Å². The summed E-state index contributed by atoms with van der Waals surface area (Å²) < 4.78 is 15.6. The first-order valence-electron chi connectivity index (χ1n) is 6.82. The molecule has 0 saturated heterocycles. The predicted molar refractivity (Wildman–Crippen MR) is 93.9 cm³/mol. The average Bonchev–Trinajstić information content (AvgIpc) is 3.04. The lowest BCUT2D eigenvalue weighted by Crippen LogP contribution is -2.21. The summed E-state index contributed by atoms with van der Waals surface area (Å²) in [6, 6.07) is 11.6. The van der Waals surface area contributed by atoms with Gasteiger partial charge in [0.05, 0.1) is 3.79 Å². The molecule has 0 radical (unpaired) electrons. The first-order chi connectivity index (χ1) is 10.2. The minimum absolute atomic E-state index is 0.172. The van der Waals surface area contributed by atoms with Crippen LogP contribution in [0.25, 0.3) is 10.1 Å². The van der Waals surface area contributed by atoms with Crippen LogP contribution in [0.3, 0.4) is 0 Å². The van der Waals surface area contributed by atoms with Gasteiger partial charge in [0.1, 0.15) is 5.82 Å². The average molecular weight is 384 g/mol. The van der Waals surface area contributed by atoms with E-state index in [9.17, 15) is 4.39 Å². The van der Waals surface area contributed by atoms with Gasteiger partial charge in [-0.15, -0.1) is 22.7 Å². The Morgan fingerprint density at radius 2 is 2.05 bits per heavy atom. The van der Waals surface area contributed by atoms with Crippen LogP contribution >= 0.6 is 38.6 Å². The van der Waals surface area contributed by atoms with Gasteiger partial charge in [0.2, 0.25) is 0 Å². The van der Waals surface area contributed by atoms with E-state index in [2.05, 4.69) is 46.4 Å². The van der Waals surface area contributed by atoms with Crippen LogP contribution in [0.15, 0.2) is 40.2 Å². The number of fused-ring (bicyclic) bond motifs is 1.